The number of nitrogens with one attached hydrogen (secondary N) is 1. The molecule has 3 heteroatoms. The van der Waals surface area contributed by atoms with Gasteiger partial charge in [0.1, 0.15) is 0 Å². The van der Waals surface area contributed by atoms with Crippen LogP contribution in [0.3, 0.4) is 0 Å². The maximum absolute atomic E-state index is 11.7. The van der Waals surface area contributed by atoms with Crippen molar-refractivity contribution < 1.29 is 9.90 Å². The molecule has 0 aromatic heterocycles. The van der Waals surface area contributed by atoms with E-state index in [9.17, 15) is 9.90 Å². The van der Waals surface area contributed by atoms with E-state index in [0.717, 1.165) is 37.2 Å². The standard InChI is InChI=1S/C18H23NO2/c1-2-15-10-12-18(21,13-11-15)14-19-17(20)9-8-16-6-4-3-5-7-16/h3-7,15,21H,2,10-14H2,1H3,(H,19,20). The lowest BCUT2D eigenvalue weighted by Gasteiger charge is -2.35. The van der Waals surface area contributed by atoms with Crippen molar-refractivity contribution in [2.75, 3.05) is 6.54 Å². The van der Waals surface area contributed by atoms with Gasteiger partial charge in [0.05, 0.1) is 5.60 Å². The van der Waals surface area contributed by atoms with Crippen molar-refractivity contribution in [1.29, 1.82) is 0 Å². The number of amides is 1. The summed E-state index contributed by atoms with van der Waals surface area (Å²) in [4.78, 5) is 11.7. The Balaban J connectivity index is 1.80. The molecule has 1 fully saturated rings. The molecule has 2 rings (SSSR count). The number of carbonyl (C=O) groups is 1. The van der Waals surface area contributed by atoms with Gasteiger partial charge in [0.25, 0.3) is 5.91 Å². The summed E-state index contributed by atoms with van der Waals surface area (Å²) in [5.74, 6) is 5.77. The fourth-order valence-electron chi connectivity index (χ4n) is 2.74. The Morgan fingerprint density at radius 2 is 2.00 bits per heavy atom. The van der Waals surface area contributed by atoms with Crippen LogP contribution in [-0.4, -0.2) is 23.2 Å². The molecule has 0 radical (unpaired) electrons. The minimum atomic E-state index is -0.754. The quantitative estimate of drug-likeness (QED) is 0.838. The third kappa shape index (κ3) is 4.91. The minimum absolute atomic E-state index is 0.297. The lowest BCUT2D eigenvalue weighted by atomic mass is 9.78. The monoisotopic (exact) mass is 285 g/mol. The van der Waals surface area contributed by atoms with Crippen molar-refractivity contribution in [2.45, 2.75) is 44.6 Å². The molecule has 1 aromatic carbocycles. The molecule has 1 amide bonds. The van der Waals surface area contributed by atoms with Gasteiger partial charge in [-0.05, 0) is 43.7 Å². The van der Waals surface area contributed by atoms with Gasteiger partial charge >= 0.3 is 0 Å². The van der Waals surface area contributed by atoms with Gasteiger partial charge in [0, 0.05) is 18.0 Å². The highest BCUT2D eigenvalue weighted by Gasteiger charge is 2.32. The van der Waals surface area contributed by atoms with Crippen LogP contribution in [-0.2, 0) is 4.79 Å². The maximum atomic E-state index is 11.7. The minimum Gasteiger partial charge on any atom is -0.388 e. The summed E-state index contributed by atoms with van der Waals surface area (Å²) in [7, 11) is 0. The van der Waals surface area contributed by atoms with Crippen LogP contribution in [0.4, 0.5) is 0 Å². The summed E-state index contributed by atoms with van der Waals surface area (Å²) in [6, 6.07) is 9.40. The van der Waals surface area contributed by atoms with E-state index in [1.54, 1.807) is 0 Å². The smallest absolute Gasteiger partial charge is 0.296 e. The Morgan fingerprint density at radius 1 is 1.33 bits per heavy atom. The van der Waals surface area contributed by atoms with Gasteiger partial charge in [-0.25, -0.2) is 0 Å². The normalized spacial score (nSPS) is 24.8. The van der Waals surface area contributed by atoms with Crippen LogP contribution in [0.1, 0.15) is 44.6 Å². The Morgan fingerprint density at radius 3 is 2.62 bits per heavy atom. The van der Waals surface area contributed by atoms with E-state index < -0.39 is 5.60 Å². The van der Waals surface area contributed by atoms with Gasteiger partial charge in [-0.2, -0.15) is 0 Å². The van der Waals surface area contributed by atoms with Crippen molar-refractivity contribution in [3.05, 3.63) is 35.9 Å². The molecule has 0 heterocycles. The van der Waals surface area contributed by atoms with Gasteiger partial charge < -0.3 is 10.4 Å². The molecule has 0 spiro atoms. The van der Waals surface area contributed by atoms with E-state index in [2.05, 4.69) is 24.1 Å². The van der Waals surface area contributed by atoms with Gasteiger partial charge in [-0.1, -0.05) is 37.5 Å². The van der Waals surface area contributed by atoms with Crippen LogP contribution in [0.5, 0.6) is 0 Å². The molecule has 0 bridgehead atoms. The fourth-order valence-corrected chi connectivity index (χ4v) is 2.74. The Bertz CT molecular complexity index is 519. The molecule has 1 saturated carbocycles. The van der Waals surface area contributed by atoms with Crippen molar-refractivity contribution in [1.82, 2.24) is 5.32 Å². The molecular weight excluding hydrogens is 262 g/mol. The van der Waals surface area contributed by atoms with E-state index in [4.69, 9.17) is 0 Å². The molecule has 0 aliphatic heterocycles. The molecule has 0 atom stereocenters. The Kier molecular flexibility index (Phi) is 5.41. The second-order valence-corrected chi connectivity index (χ2v) is 5.87. The molecule has 2 N–H and O–H groups in total. The zero-order valence-electron chi connectivity index (χ0n) is 12.6. The summed E-state index contributed by atoms with van der Waals surface area (Å²) in [5, 5.41) is 13.2. The molecule has 1 aliphatic carbocycles. The van der Waals surface area contributed by atoms with Crippen molar-refractivity contribution in [3.63, 3.8) is 0 Å². The molecule has 112 valence electrons. The number of benzene rings is 1. The number of hydrogen-bond donors (Lipinski definition) is 2. The van der Waals surface area contributed by atoms with Crippen molar-refractivity contribution >= 4 is 5.91 Å². The first-order valence-corrected chi connectivity index (χ1v) is 7.68. The maximum Gasteiger partial charge on any atom is 0.296 e. The number of carbonyl (C=O) groups excluding carboxylic acids is 1. The molecular formula is C18H23NO2. The highest BCUT2D eigenvalue weighted by molar-refractivity contribution is 5.94. The zero-order chi connectivity index (χ0) is 15.1. The van der Waals surface area contributed by atoms with Crippen LogP contribution in [0.25, 0.3) is 0 Å². The van der Waals surface area contributed by atoms with E-state index in [-0.39, 0.29) is 5.91 Å². The van der Waals surface area contributed by atoms with E-state index >= 15 is 0 Å². The first-order chi connectivity index (χ1) is 10.1. The highest BCUT2D eigenvalue weighted by atomic mass is 16.3. The predicted molar refractivity (Wildman–Crippen MR) is 83.5 cm³/mol. The van der Waals surface area contributed by atoms with Crippen LogP contribution in [0.15, 0.2) is 30.3 Å². The topological polar surface area (TPSA) is 49.3 Å². The van der Waals surface area contributed by atoms with E-state index in [1.807, 2.05) is 30.3 Å². The zero-order valence-corrected chi connectivity index (χ0v) is 12.6. The summed E-state index contributed by atoms with van der Waals surface area (Å²) >= 11 is 0. The van der Waals surface area contributed by atoms with Crippen LogP contribution >= 0.6 is 0 Å². The third-order valence-corrected chi connectivity index (χ3v) is 4.29. The number of rotatable bonds is 3. The largest absolute Gasteiger partial charge is 0.388 e. The predicted octanol–water partition coefficient (Wildman–Crippen LogP) is 2.49. The molecule has 1 aromatic rings. The van der Waals surface area contributed by atoms with Gasteiger partial charge in [0.15, 0.2) is 0 Å². The van der Waals surface area contributed by atoms with Crippen LogP contribution in [0, 0.1) is 17.8 Å². The first-order valence-electron chi connectivity index (χ1n) is 7.68. The van der Waals surface area contributed by atoms with E-state index in [1.165, 1.54) is 6.42 Å². The fraction of sp³-hybridized carbons (Fsp3) is 0.500. The molecule has 0 unspecified atom stereocenters. The molecule has 1 aliphatic rings. The van der Waals surface area contributed by atoms with Gasteiger partial charge in [0.2, 0.25) is 0 Å². The molecule has 0 saturated heterocycles. The SMILES string of the molecule is CCC1CCC(O)(CNC(=O)C#Cc2ccccc2)CC1. The summed E-state index contributed by atoms with van der Waals surface area (Å²) in [5.41, 5.74) is 0.0604. The second kappa shape index (κ2) is 7.28. The van der Waals surface area contributed by atoms with Crippen molar-refractivity contribution in [3.8, 4) is 11.8 Å². The first kappa shape index (κ1) is 15.6. The summed E-state index contributed by atoms with van der Waals surface area (Å²) < 4.78 is 0. The average molecular weight is 285 g/mol. The van der Waals surface area contributed by atoms with Crippen LogP contribution < -0.4 is 5.32 Å². The van der Waals surface area contributed by atoms with Crippen LogP contribution in [0.2, 0.25) is 0 Å². The highest BCUT2D eigenvalue weighted by Crippen LogP contribution is 2.33. The van der Waals surface area contributed by atoms with Gasteiger partial charge in [-0.15, -0.1) is 0 Å². The number of hydrogen-bond acceptors (Lipinski definition) is 2. The van der Waals surface area contributed by atoms with Gasteiger partial charge in [-0.3, -0.25) is 4.79 Å². The third-order valence-electron chi connectivity index (χ3n) is 4.29. The summed E-state index contributed by atoms with van der Waals surface area (Å²) in [6.45, 7) is 2.49. The Labute approximate surface area is 126 Å². The Hall–Kier alpha value is -1.79. The molecule has 21 heavy (non-hydrogen) atoms. The molecule has 3 nitrogen and oxygen atoms in total. The summed E-state index contributed by atoms with van der Waals surface area (Å²) in [6.07, 6.45) is 4.78. The van der Waals surface area contributed by atoms with Crippen molar-refractivity contribution in [2.24, 2.45) is 5.92 Å². The average Bonchev–Trinajstić information content (AvgIpc) is 2.53. The lowest BCUT2D eigenvalue weighted by molar-refractivity contribution is -0.117. The lowest BCUT2D eigenvalue weighted by Crippen LogP contribution is -2.45. The van der Waals surface area contributed by atoms with E-state index in [0.29, 0.717) is 6.54 Å². The number of aliphatic hydroxyl groups is 1. The second-order valence-electron chi connectivity index (χ2n) is 5.87.